The van der Waals surface area contributed by atoms with E-state index in [1.54, 1.807) is 13.3 Å². The summed E-state index contributed by atoms with van der Waals surface area (Å²) in [6.07, 6.45) is 2.37. The number of methoxy groups -OCH3 is 1. The first-order chi connectivity index (χ1) is 8.81. The lowest BCUT2D eigenvalue weighted by Crippen LogP contribution is -2.01. The molecule has 18 heavy (non-hydrogen) atoms. The van der Waals surface area contributed by atoms with Crippen LogP contribution in [0.4, 0.5) is 0 Å². The molecule has 1 heterocycles. The minimum absolute atomic E-state index is 0.302. The summed E-state index contributed by atoms with van der Waals surface area (Å²) in [4.78, 5) is 4.11. The van der Waals surface area contributed by atoms with Gasteiger partial charge in [0, 0.05) is 6.42 Å². The van der Waals surface area contributed by atoms with Crippen molar-refractivity contribution in [1.29, 1.82) is 0 Å². The summed E-state index contributed by atoms with van der Waals surface area (Å²) in [6.45, 7) is 0.852. The molecule has 0 bridgehead atoms. The minimum atomic E-state index is 0.302. The van der Waals surface area contributed by atoms with Gasteiger partial charge in [-0.3, -0.25) is 0 Å². The van der Waals surface area contributed by atoms with E-state index >= 15 is 0 Å². The van der Waals surface area contributed by atoms with Crippen LogP contribution < -0.4 is 15.2 Å². The maximum absolute atomic E-state index is 5.54. The van der Waals surface area contributed by atoms with E-state index in [0.717, 1.165) is 17.3 Å². The Labute approximate surface area is 106 Å². The standard InChI is InChI=1S/C13H16N2O3/c1-16-10-2-4-11(5-3-10)17-9-13-15-8-12(18-13)6-7-14/h2-5,8H,6-7,9,14H2,1H3. The van der Waals surface area contributed by atoms with E-state index in [4.69, 9.17) is 19.6 Å². The second-order valence-electron chi connectivity index (χ2n) is 3.72. The van der Waals surface area contributed by atoms with E-state index in [2.05, 4.69) is 4.98 Å². The van der Waals surface area contributed by atoms with Gasteiger partial charge in [0.2, 0.25) is 5.89 Å². The van der Waals surface area contributed by atoms with Crippen molar-refractivity contribution >= 4 is 0 Å². The predicted molar refractivity (Wildman–Crippen MR) is 66.6 cm³/mol. The summed E-state index contributed by atoms with van der Waals surface area (Å²) >= 11 is 0. The topological polar surface area (TPSA) is 70.5 Å². The zero-order valence-corrected chi connectivity index (χ0v) is 10.3. The largest absolute Gasteiger partial charge is 0.497 e. The summed E-state index contributed by atoms with van der Waals surface area (Å²) < 4.78 is 16.1. The summed E-state index contributed by atoms with van der Waals surface area (Å²) in [5, 5.41) is 0. The highest BCUT2D eigenvalue weighted by molar-refractivity contribution is 5.31. The third-order valence-corrected chi connectivity index (χ3v) is 2.41. The van der Waals surface area contributed by atoms with Gasteiger partial charge in [-0.1, -0.05) is 0 Å². The predicted octanol–water partition coefficient (Wildman–Crippen LogP) is 1.76. The van der Waals surface area contributed by atoms with E-state index < -0.39 is 0 Å². The monoisotopic (exact) mass is 248 g/mol. The number of nitrogens with two attached hydrogens (primary N) is 1. The smallest absolute Gasteiger partial charge is 0.232 e. The fourth-order valence-electron chi connectivity index (χ4n) is 1.49. The zero-order chi connectivity index (χ0) is 12.8. The van der Waals surface area contributed by atoms with Crippen molar-refractivity contribution in [2.24, 2.45) is 5.73 Å². The van der Waals surface area contributed by atoms with Crippen LogP contribution in [-0.4, -0.2) is 18.6 Å². The van der Waals surface area contributed by atoms with Gasteiger partial charge in [-0.05, 0) is 30.8 Å². The first kappa shape index (κ1) is 12.4. The summed E-state index contributed by atoms with van der Waals surface area (Å²) in [7, 11) is 1.63. The Morgan fingerprint density at radius 3 is 2.61 bits per heavy atom. The molecule has 5 heteroatoms. The van der Waals surface area contributed by atoms with Gasteiger partial charge in [0.15, 0.2) is 6.61 Å². The summed E-state index contributed by atoms with van der Waals surface area (Å²) in [5.74, 6) is 2.87. The van der Waals surface area contributed by atoms with Crippen molar-refractivity contribution in [3.63, 3.8) is 0 Å². The quantitative estimate of drug-likeness (QED) is 0.843. The number of aromatic nitrogens is 1. The van der Waals surface area contributed by atoms with Gasteiger partial charge >= 0.3 is 0 Å². The average Bonchev–Trinajstić information content (AvgIpc) is 2.85. The van der Waals surface area contributed by atoms with Crippen LogP contribution in [0.3, 0.4) is 0 Å². The molecule has 0 unspecified atom stereocenters. The molecule has 1 aromatic heterocycles. The van der Waals surface area contributed by atoms with Crippen molar-refractivity contribution in [3.8, 4) is 11.5 Å². The van der Waals surface area contributed by atoms with Crippen LogP contribution in [0.1, 0.15) is 11.7 Å². The average molecular weight is 248 g/mol. The van der Waals surface area contributed by atoms with Gasteiger partial charge in [0.25, 0.3) is 0 Å². The van der Waals surface area contributed by atoms with Gasteiger partial charge < -0.3 is 19.6 Å². The van der Waals surface area contributed by atoms with Gasteiger partial charge in [-0.15, -0.1) is 0 Å². The maximum Gasteiger partial charge on any atom is 0.232 e. The molecule has 0 spiro atoms. The molecule has 0 aliphatic carbocycles. The van der Waals surface area contributed by atoms with Gasteiger partial charge in [0.05, 0.1) is 13.3 Å². The van der Waals surface area contributed by atoms with Crippen LogP contribution in [0, 0.1) is 0 Å². The number of oxazole rings is 1. The molecule has 2 aromatic rings. The van der Waals surface area contributed by atoms with Crippen LogP contribution in [0.5, 0.6) is 11.5 Å². The molecule has 2 rings (SSSR count). The molecule has 0 fully saturated rings. The van der Waals surface area contributed by atoms with Crippen molar-refractivity contribution in [3.05, 3.63) is 42.1 Å². The molecule has 0 saturated heterocycles. The summed E-state index contributed by atoms with van der Waals surface area (Å²) in [6, 6.07) is 7.35. The molecular formula is C13H16N2O3. The highest BCUT2D eigenvalue weighted by atomic mass is 16.5. The Morgan fingerprint density at radius 1 is 1.22 bits per heavy atom. The molecule has 0 atom stereocenters. The second-order valence-corrected chi connectivity index (χ2v) is 3.72. The van der Waals surface area contributed by atoms with E-state index in [1.807, 2.05) is 24.3 Å². The van der Waals surface area contributed by atoms with Crippen LogP contribution in [0.2, 0.25) is 0 Å². The van der Waals surface area contributed by atoms with Crippen molar-refractivity contribution in [2.75, 3.05) is 13.7 Å². The highest BCUT2D eigenvalue weighted by Gasteiger charge is 2.04. The number of hydrogen-bond donors (Lipinski definition) is 1. The molecule has 96 valence electrons. The van der Waals surface area contributed by atoms with Gasteiger partial charge in [-0.2, -0.15) is 0 Å². The fraction of sp³-hybridized carbons (Fsp3) is 0.308. The van der Waals surface area contributed by atoms with E-state index in [9.17, 15) is 0 Å². The van der Waals surface area contributed by atoms with Crippen LogP contribution in [0.25, 0.3) is 0 Å². The lowest BCUT2D eigenvalue weighted by molar-refractivity contribution is 0.258. The third-order valence-electron chi connectivity index (χ3n) is 2.41. The molecule has 0 radical (unpaired) electrons. The van der Waals surface area contributed by atoms with E-state index in [0.29, 0.717) is 25.5 Å². The SMILES string of the molecule is COc1ccc(OCc2ncc(CCN)o2)cc1. The Bertz CT molecular complexity index is 479. The highest BCUT2D eigenvalue weighted by Crippen LogP contribution is 2.18. The number of nitrogens with zero attached hydrogens (tertiary/aromatic N) is 1. The maximum atomic E-state index is 5.54. The Hall–Kier alpha value is -2.01. The first-order valence-electron chi connectivity index (χ1n) is 5.72. The fourth-order valence-corrected chi connectivity index (χ4v) is 1.49. The normalized spacial score (nSPS) is 10.3. The Morgan fingerprint density at radius 2 is 1.94 bits per heavy atom. The summed E-state index contributed by atoms with van der Waals surface area (Å²) in [5.41, 5.74) is 5.43. The van der Waals surface area contributed by atoms with Crippen molar-refractivity contribution in [2.45, 2.75) is 13.0 Å². The zero-order valence-electron chi connectivity index (χ0n) is 10.3. The van der Waals surface area contributed by atoms with E-state index in [-0.39, 0.29) is 0 Å². The van der Waals surface area contributed by atoms with Crippen molar-refractivity contribution in [1.82, 2.24) is 4.98 Å². The van der Waals surface area contributed by atoms with Crippen LogP contribution >= 0.6 is 0 Å². The minimum Gasteiger partial charge on any atom is -0.497 e. The lowest BCUT2D eigenvalue weighted by Gasteiger charge is -2.04. The lowest BCUT2D eigenvalue weighted by atomic mass is 10.3. The third kappa shape index (κ3) is 3.24. The molecule has 0 saturated carbocycles. The first-order valence-corrected chi connectivity index (χ1v) is 5.72. The number of hydrogen-bond acceptors (Lipinski definition) is 5. The van der Waals surface area contributed by atoms with Crippen molar-refractivity contribution < 1.29 is 13.9 Å². The van der Waals surface area contributed by atoms with E-state index in [1.165, 1.54) is 0 Å². The molecule has 0 aliphatic heterocycles. The Balaban J connectivity index is 1.89. The molecular weight excluding hydrogens is 232 g/mol. The van der Waals surface area contributed by atoms with Gasteiger partial charge in [0.1, 0.15) is 17.3 Å². The number of rotatable bonds is 6. The Kier molecular flexibility index (Phi) is 4.20. The number of ether oxygens (including phenoxy) is 2. The molecule has 1 aromatic carbocycles. The van der Waals surface area contributed by atoms with Crippen LogP contribution in [-0.2, 0) is 13.0 Å². The molecule has 0 aliphatic rings. The molecule has 5 nitrogen and oxygen atoms in total. The molecule has 0 amide bonds. The second kappa shape index (κ2) is 6.07. The molecule has 2 N–H and O–H groups in total. The van der Waals surface area contributed by atoms with Crippen LogP contribution in [0.15, 0.2) is 34.9 Å². The number of benzene rings is 1. The van der Waals surface area contributed by atoms with Gasteiger partial charge in [-0.25, -0.2) is 4.98 Å².